The zero-order valence-corrected chi connectivity index (χ0v) is 12.3. The van der Waals surface area contributed by atoms with Crippen LogP contribution in [0.5, 0.6) is 0 Å². The Balaban J connectivity index is 2.11. The summed E-state index contributed by atoms with van der Waals surface area (Å²) in [5.41, 5.74) is 4.75. The van der Waals surface area contributed by atoms with Crippen LogP contribution in [0.4, 0.5) is 0 Å². The molecule has 7 heteroatoms. The van der Waals surface area contributed by atoms with Crippen LogP contribution in [0.3, 0.4) is 0 Å². The average molecular weight is 299 g/mol. The molecule has 2 atom stereocenters. The number of aliphatic hydroxyl groups is 1. The van der Waals surface area contributed by atoms with Gasteiger partial charge in [0.1, 0.15) is 5.41 Å². The highest BCUT2D eigenvalue weighted by Gasteiger charge is 2.45. The van der Waals surface area contributed by atoms with Gasteiger partial charge < -0.3 is 26.1 Å². The number of ether oxygens (including phenoxy) is 1. The van der Waals surface area contributed by atoms with Gasteiger partial charge >= 0.3 is 0 Å². The van der Waals surface area contributed by atoms with Gasteiger partial charge in [-0.15, -0.1) is 0 Å². The van der Waals surface area contributed by atoms with Gasteiger partial charge in [0, 0.05) is 13.2 Å². The molecule has 0 spiro atoms. The lowest BCUT2D eigenvalue weighted by Crippen LogP contribution is -2.56. The molecule has 2 fully saturated rings. The number of rotatable bonds is 3. The third kappa shape index (κ3) is 3.47. The third-order valence-corrected chi connectivity index (χ3v) is 4.68. The molecule has 0 aromatic heterocycles. The first-order chi connectivity index (χ1) is 10.1. The van der Waals surface area contributed by atoms with Gasteiger partial charge in [-0.1, -0.05) is 24.4 Å². The van der Waals surface area contributed by atoms with Crippen molar-refractivity contribution in [1.82, 2.24) is 5.32 Å². The molecule has 2 rings (SSSR count). The predicted octanol–water partition coefficient (Wildman–Crippen LogP) is 0.339. The van der Waals surface area contributed by atoms with Crippen molar-refractivity contribution in [2.24, 2.45) is 16.3 Å². The Morgan fingerprint density at radius 2 is 1.90 bits per heavy atom. The molecule has 1 saturated carbocycles. The van der Waals surface area contributed by atoms with E-state index < -0.39 is 11.5 Å². The normalized spacial score (nSPS) is 30.4. The Kier molecular flexibility index (Phi) is 5.41. The fraction of sp³-hybridized carbons (Fsp3) is 0.857. The highest BCUT2D eigenvalue weighted by molar-refractivity contribution is 6.07. The summed E-state index contributed by atoms with van der Waals surface area (Å²) in [5, 5.41) is 25.1. The first kappa shape index (κ1) is 16.0. The standard InChI is InChI=1S/C14H25N3O4/c15-12(17-20)14(6-8-21-9-7-14)13(19)16-10-4-2-1-3-5-11(10)18/h10-11,18,20H,1-9H2,(H2,15,17)(H,16,19). The van der Waals surface area contributed by atoms with Crippen molar-refractivity contribution in [3.05, 3.63) is 0 Å². The molecule has 1 heterocycles. The molecule has 0 bridgehead atoms. The maximum Gasteiger partial charge on any atom is 0.234 e. The lowest BCUT2D eigenvalue weighted by Gasteiger charge is -2.36. The number of amidine groups is 1. The first-order valence-corrected chi connectivity index (χ1v) is 7.65. The number of carbonyl (C=O) groups excluding carboxylic acids is 1. The van der Waals surface area contributed by atoms with Gasteiger partial charge in [-0.3, -0.25) is 4.79 Å². The van der Waals surface area contributed by atoms with Crippen LogP contribution in [-0.4, -0.2) is 47.4 Å². The lowest BCUT2D eigenvalue weighted by molar-refractivity contribution is -0.133. The quantitative estimate of drug-likeness (QED) is 0.197. The van der Waals surface area contributed by atoms with Gasteiger partial charge in [-0.25, -0.2) is 0 Å². The summed E-state index contributed by atoms with van der Waals surface area (Å²) in [5.74, 6) is -0.349. The number of hydrogen-bond donors (Lipinski definition) is 4. The summed E-state index contributed by atoms with van der Waals surface area (Å²) >= 11 is 0. The number of nitrogens with zero attached hydrogens (tertiary/aromatic N) is 1. The third-order valence-electron chi connectivity index (χ3n) is 4.68. The summed E-state index contributed by atoms with van der Waals surface area (Å²) in [6.45, 7) is 0.799. The summed E-state index contributed by atoms with van der Waals surface area (Å²) < 4.78 is 5.28. The van der Waals surface area contributed by atoms with Crippen molar-refractivity contribution in [2.45, 2.75) is 57.1 Å². The van der Waals surface area contributed by atoms with Crippen LogP contribution in [0.2, 0.25) is 0 Å². The molecule has 2 unspecified atom stereocenters. The van der Waals surface area contributed by atoms with Crippen molar-refractivity contribution < 1.29 is 19.8 Å². The minimum absolute atomic E-state index is 0.0774. The Bertz CT molecular complexity index is 394. The number of nitrogens with one attached hydrogen (secondary N) is 1. The fourth-order valence-corrected chi connectivity index (χ4v) is 3.18. The molecular formula is C14H25N3O4. The number of carbonyl (C=O) groups is 1. The van der Waals surface area contributed by atoms with Crippen LogP contribution >= 0.6 is 0 Å². The zero-order chi connectivity index (χ0) is 15.3. The van der Waals surface area contributed by atoms with E-state index in [1.807, 2.05) is 0 Å². The molecule has 1 aliphatic carbocycles. The maximum atomic E-state index is 12.7. The topological polar surface area (TPSA) is 117 Å². The molecule has 1 saturated heterocycles. The number of amides is 1. The summed E-state index contributed by atoms with van der Waals surface area (Å²) in [6.07, 6.45) is 4.74. The van der Waals surface area contributed by atoms with E-state index in [4.69, 9.17) is 15.7 Å². The fourth-order valence-electron chi connectivity index (χ4n) is 3.18. The van der Waals surface area contributed by atoms with Crippen molar-refractivity contribution in [2.75, 3.05) is 13.2 Å². The van der Waals surface area contributed by atoms with Crippen LogP contribution in [0, 0.1) is 5.41 Å². The highest BCUT2D eigenvalue weighted by Crippen LogP contribution is 2.32. The number of hydrogen-bond acceptors (Lipinski definition) is 5. The molecule has 2 aliphatic rings. The molecule has 0 aromatic carbocycles. The van der Waals surface area contributed by atoms with Crippen molar-refractivity contribution in [3.63, 3.8) is 0 Å². The Labute approximate surface area is 124 Å². The second kappa shape index (κ2) is 7.09. The molecule has 1 aliphatic heterocycles. The van der Waals surface area contributed by atoms with E-state index in [2.05, 4.69) is 10.5 Å². The summed E-state index contributed by atoms with van der Waals surface area (Å²) in [6, 6.07) is -0.258. The Hall–Kier alpha value is -1.34. The van der Waals surface area contributed by atoms with E-state index in [1.165, 1.54) is 0 Å². The Morgan fingerprint density at radius 3 is 2.57 bits per heavy atom. The highest BCUT2D eigenvalue weighted by atomic mass is 16.5. The second-order valence-corrected chi connectivity index (χ2v) is 5.97. The van der Waals surface area contributed by atoms with Gasteiger partial charge in [0.25, 0.3) is 0 Å². The number of oxime groups is 1. The minimum Gasteiger partial charge on any atom is -0.409 e. The largest absolute Gasteiger partial charge is 0.409 e. The SMILES string of the molecule is NC(=NO)C1(C(=O)NC2CCCCCC2O)CCOCC1. The van der Waals surface area contributed by atoms with Gasteiger partial charge in [0.15, 0.2) is 5.84 Å². The van der Waals surface area contributed by atoms with Crippen molar-refractivity contribution in [3.8, 4) is 0 Å². The van der Waals surface area contributed by atoms with Gasteiger partial charge in [-0.05, 0) is 25.7 Å². The Morgan fingerprint density at radius 1 is 1.24 bits per heavy atom. The van der Waals surface area contributed by atoms with E-state index in [-0.39, 0.29) is 17.8 Å². The molecule has 1 amide bonds. The van der Waals surface area contributed by atoms with Crippen molar-refractivity contribution in [1.29, 1.82) is 0 Å². The van der Waals surface area contributed by atoms with Gasteiger partial charge in [-0.2, -0.15) is 0 Å². The monoisotopic (exact) mass is 299 g/mol. The van der Waals surface area contributed by atoms with Crippen LogP contribution < -0.4 is 11.1 Å². The van der Waals surface area contributed by atoms with E-state index in [0.29, 0.717) is 32.5 Å². The smallest absolute Gasteiger partial charge is 0.234 e. The summed E-state index contributed by atoms with van der Waals surface area (Å²) in [4.78, 5) is 12.7. The van der Waals surface area contributed by atoms with E-state index in [0.717, 1.165) is 25.7 Å². The molecule has 120 valence electrons. The van der Waals surface area contributed by atoms with Crippen LogP contribution in [0.15, 0.2) is 5.16 Å². The van der Waals surface area contributed by atoms with E-state index in [1.54, 1.807) is 0 Å². The second-order valence-electron chi connectivity index (χ2n) is 5.97. The molecule has 7 nitrogen and oxygen atoms in total. The summed E-state index contributed by atoms with van der Waals surface area (Å²) in [7, 11) is 0. The molecule has 0 radical (unpaired) electrons. The maximum absolute atomic E-state index is 12.7. The minimum atomic E-state index is -1.03. The predicted molar refractivity (Wildman–Crippen MR) is 76.9 cm³/mol. The first-order valence-electron chi connectivity index (χ1n) is 7.65. The van der Waals surface area contributed by atoms with Crippen LogP contribution in [-0.2, 0) is 9.53 Å². The van der Waals surface area contributed by atoms with E-state index in [9.17, 15) is 9.90 Å². The molecule has 5 N–H and O–H groups in total. The molecule has 0 aromatic rings. The zero-order valence-electron chi connectivity index (χ0n) is 12.3. The van der Waals surface area contributed by atoms with E-state index >= 15 is 0 Å². The van der Waals surface area contributed by atoms with Crippen LogP contribution in [0.1, 0.15) is 44.9 Å². The number of aliphatic hydroxyl groups excluding tert-OH is 1. The van der Waals surface area contributed by atoms with Crippen molar-refractivity contribution >= 4 is 11.7 Å². The number of nitrogens with two attached hydrogens (primary N) is 1. The van der Waals surface area contributed by atoms with Gasteiger partial charge in [0.2, 0.25) is 5.91 Å². The van der Waals surface area contributed by atoms with Gasteiger partial charge in [0.05, 0.1) is 12.1 Å². The lowest BCUT2D eigenvalue weighted by atomic mass is 9.77. The molecular weight excluding hydrogens is 274 g/mol. The molecule has 21 heavy (non-hydrogen) atoms. The average Bonchev–Trinajstić information content (AvgIpc) is 2.72. The van der Waals surface area contributed by atoms with Crippen LogP contribution in [0.25, 0.3) is 0 Å².